The van der Waals surface area contributed by atoms with Crippen molar-refractivity contribution in [1.82, 2.24) is 4.90 Å². The van der Waals surface area contributed by atoms with Gasteiger partial charge in [0.1, 0.15) is 17.1 Å². The Morgan fingerprint density at radius 1 is 1.22 bits per heavy atom. The van der Waals surface area contributed by atoms with Gasteiger partial charge >= 0.3 is 5.97 Å². The molecule has 4 aliphatic heterocycles. The van der Waals surface area contributed by atoms with Gasteiger partial charge in [0.15, 0.2) is 0 Å². The molecule has 3 fully saturated rings. The smallest absolute Gasteiger partial charge is 0.338 e. The van der Waals surface area contributed by atoms with E-state index >= 15 is 0 Å². The van der Waals surface area contributed by atoms with E-state index < -0.39 is 47.5 Å². The number of nitrogens with zero attached hydrogens (tertiary/aromatic N) is 1. The number of ketones is 1. The third-order valence-electron chi connectivity index (χ3n) is 7.90. The fraction of sp³-hybridized carbons (Fsp3) is 0.407. The predicted octanol–water partition coefficient (Wildman–Crippen LogP) is 2.90. The molecule has 3 saturated heterocycles. The molecule has 2 aromatic rings. The second-order valence-corrected chi connectivity index (χ2v) is 9.77. The molecule has 0 unspecified atom stereocenters. The normalized spacial score (nSPS) is 34.0. The van der Waals surface area contributed by atoms with Gasteiger partial charge < -0.3 is 24.1 Å². The molecule has 9 nitrogen and oxygen atoms in total. The Kier molecular flexibility index (Phi) is 5.15. The van der Waals surface area contributed by atoms with E-state index in [1.165, 1.54) is 6.26 Å². The summed E-state index contributed by atoms with van der Waals surface area (Å²) in [5.74, 6) is -2.49. The van der Waals surface area contributed by atoms with Crippen LogP contribution in [0.25, 0.3) is 0 Å². The highest BCUT2D eigenvalue weighted by Gasteiger charge is 2.74. The highest BCUT2D eigenvalue weighted by Crippen LogP contribution is 2.60. The van der Waals surface area contributed by atoms with Crippen molar-refractivity contribution in [3.05, 3.63) is 66.1 Å². The van der Waals surface area contributed by atoms with Gasteiger partial charge in [0.25, 0.3) is 0 Å². The lowest BCUT2D eigenvalue weighted by Crippen LogP contribution is -2.55. The Hall–Kier alpha value is -3.72. The van der Waals surface area contributed by atoms with Crippen LogP contribution < -0.4 is 5.32 Å². The van der Waals surface area contributed by atoms with E-state index in [2.05, 4.69) is 5.32 Å². The number of hydrogen-bond donors (Lipinski definition) is 1. The van der Waals surface area contributed by atoms with Gasteiger partial charge in [0.2, 0.25) is 11.8 Å². The number of carbonyl (C=O) groups is 4. The molecule has 6 rings (SSSR count). The van der Waals surface area contributed by atoms with Gasteiger partial charge in [-0.1, -0.05) is 25.1 Å². The lowest BCUT2D eigenvalue weighted by Gasteiger charge is -2.43. The van der Waals surface area contributed by atoms with Gasteiger partial charge in [-0.25, -0.2) is 4.79 Å². The minimum absolute atomic E-state index is 0.0320. The number of carbonyl (C=O) groups excluding carboxylic acids is 4. The predicted molar refractivity (Wildman–Crippen MR) is 126 cm³/mol. The molecule has 1 N–H and O–H groups in total. The van der Waals surface area contributed by atoms with Crippen molar-refractivity contribution in [2.24, 2.45) is 17.8 Å². The third-order valence-corrected chi connectivity index (χ3v) is 7.90. The van der Waals surface area contributed by atoms with Crippen LogP contribution >= 0.6 is 0 Å². The Labute approximate surface area is 207 Å². The highest BCUT2D eigenvalue weighted by atomic mass is 16.5. The second-order valence-electron chi connectivity index (χ2n) is 9.77. The van der Waals surface area contributed by atoms with E-state index in [0.29, 0.717) is 17.0 Å². The first-order valence-electron chi connectivity index (χ1n) is 12.2. The number of esters is 1. The van der Waals surface area contributed by atoms with Gasteiger partial charge in [-0.05, 0) is 37.3 Å². The standard InChI is InChI=1S/C27H26N2O7/c1-3-34-26(33)15-6-4-7-16(12-15)28-24(31)21-20-9-10-27(36-20)22(21)25(32)29-17(19-8-5-11-35-19)13-18(30)14(2)23(27)29/h4-12,14,17,20-23H,3,13H2,1-2H3,(H,28,31)/t14-,17+,20-,21-,22+,23+,27+/m1/s1. The fourth-order valence-electron chi connectivity index (χ4n) is 6.43. The van der Waals surface area contributed by atoms with E-state index in [-0.39, 0.29) is 30.6 Å². The molecule has 1 spiro atoms. The van der Waals surface area contributed by atoms with E-state index in [0.717, 1.165) is 0 Å². The van der Waals surface area contributed by atoms with Gasteiger partial charge in [-0.15, -0.1) is 0 Å². The molecule has 186 valence electrons. The number of Topliss-reactive ketones (excluding diaryl/α,β-unsaturated/α-hetero) is 1. The summed E-state index contributed by atoms with van der Waals surface area (Å²) in [6.45, 7) is 3.78. The maximum Gasteiger partial charge on any atom is 0.338 e. The maximum atomic E-state index is 14.0. The summed E-state index contributed by atoms with van der Waals surface area (Å²) >= 11 is 0. The zero-order valence-corrected chi connectivity index (χ0v) is 19.9. The molecular weight excluding hydrogens is 464 g/mol. The number of anilines is 1. The van der Waals surface area contributed by atoms with Crippen LogP contribution in [0.3, 0.4) is 0 Å². The molecule has 36 heavy (non-hydrogen) atoms. The van der Waals surface area contributed by atoms with Gasteiger partial charge in [0, 0.05) is 18.0 Å². The van der Waals surface area contributed by atoms with Crippen LogP contribution in [-0.2, 0) is 23.9 Å². The quantitative estimate of drug-likeness (QED) is 0.506. The number of nitrogens with one attached hydrogen (secondary N) is 1. The van der Waals surface area contributed by atoms with Crippen molar-refractivity contribution in [3.8, 4) is 0 Å². The van der Waals surface area contributed by atoms with Gasteiger partial charge in [-0.2, -0.15) is 0 Å². The minimum atomic E-state index is -1.06. The van der Waals surface area contributed by atoms with Gasteiger partial charge in [-0.3, -0.25) is 14.4 Å². The fourth-order valence-corrected chi connectivity index (χ4v) is 6.43. The molecule has 9 heteroatoms. The molecule has 2 bridgehead atoms. The molecular formula is C27H26N2O7. The summed E-state index contributed by atoms with van der Waals surface area (Å²) in [6.07, 6.45) is 4.78. The Bertz CT molecular complexity index is 1280. The van der Waals surface area contributed by atoms with Crippen molar-refractivity contribution < 1.29 is 33.1 Å². The average molecular weight is 491 g/mol. The number of amides is 2. The summed E-state index contributed by atoms with van der Waals surface area (Å²) in [6, 6.07) is 8.91. The van der Waals surface area contributed by atoms with Crippen molar-refractivity contribution in [2.75, 3.05) is 11.9 Å². The monoisotopic (exact) mass is 490 g/mol. The van der Waals surface area contributed by atoms with Crippen molar-refractivity contribution >= 4 is 29.3 Å². The summed E-state index contributed by atoms with van der Waals surface area (Å²) in [5, 5.41) is 2.86. The molecule has 0 aliphatic carbocycles. The number of benzene rings is 1. The molecule has 0 radical (unpaired) electrons. The summed E-state index contributed by atoms with van der Waals surface area (Å²) < 4.78 is 17.0. The molecule has 0 saturated carbocycles. The van der Waals surface area contributed by atoms with E-state index in [4.69, 9.17) is 13.9 Å². The number of fused-ring (bicyclic) bond motifs is 2. The number of piperidine rings is 1. The van der Waals surface area contributed by atoms with E-state index in [9.17, 15) is 19.2 Å². The molecule has 5 heterocycles. The summed E-state index contributed by atoms with van der Waals surface area (Å²) in [7, 11) is 0. The van der Waals surface area contributed by atoms with Crippen LogP contribution in [0.1, 0.15) is 42.4 Å². The van der Waals surface area contributed by atoms with Crippen LogP contribution in [0.15, 0.2) is 59.2 Å². The molecule has 2 amide bonds. The zero-order valence-electron chi connectivity index (χ0n) is 19.9. The van der Waals surface area contributed by atoms with E-state index in [1.54, 1.807) is 48.2 Å². The number of hydrogen-bond acceptors (Lipinski definition) is 7. The van der Waals surface area contributed by atoms with Gasteiger partial charge in [0.05, 0.1) is 48.5 Å². The van der Waals surface area contributed by atoms with Crippen LogP contribution in [0.4, 0.5) is 5.69 Å². The topological polar surface area (TPSA) is 115 Å². The second kappa shape index (κ2) is 8.16. The van der Waals surface area contributed by atoms with Crippen molar-refractivity contribution in [2.45, 2.75) is 44.1 Å². The largest absolute Gasteiger partial charge is 0.467 e. The first-order valence-corrected chi connectivity index (χ1v) is 12.2. The van der Waals surface area contributed by atoms with Crippen LogP contribution in [-0.4, -0.2) is 52.8 Å². The number of ether oxygens (including phenoxy) is 2. The van der Waals surface area contributed by atoms with Crippen LogP contribution in [0, 0.1) is 17.8 Å². The Morgan fingerprint density at radius 3 is 2.81 bits per heavy atom. The van der Waals surface area contributed by atoms with Crippen molar-refractivity contribution in [3.63, 3.8) is 0 Å². The molecule has 7 atom stereocenters. The molecule has 1 aromatic heterocycles. The molecule has 4 aliphatic rings. The van der Waals surface area contributed by atoms with E-state index in [1.807, 2.05) is 19.1 Å². The Balaban J connectivity index is 1.32. The van der Waals surface area contributed by atoms with Crippen LogP contribution in [0.5, 0.6) is 0 Å². The zero-order chi connectivity index (χ0) is 25.2. The molecule has 1 aromatic carbocycles. The Morgan fingerprint density at radius 2 is 2.06 bits per heavy atom. The lowest BCUT2D eigenvalue weighted by atomic mass is 9.70. The van der Waals surface area contributed by atoms with Crippen molar-refractivity contribution in [1.29, 1.82) is 0 Å². The SMILES string of the molecule is CCOC(=O)c1cccc(NC(=O)[C@H]2[C@H]3C(=O)N4[C@@H]([C@H](C)C(=O)C[C@H]4c4ccco4)[C@]34C=C[C@H]2O4)c1. The first kappa shape index (κ1) is 22.7. The first-order chi connectivity index (χ1) is 17.4. The van der Waals surface area contributed by atoms with Crippen LogP contribution in [0.2, 0.25) is 0 Å². The lowest BCUT2D eigenvalue weighted by molar-refractivity contribution is -0.147. The number of furan rings is 1. The maximum absolute atomic E-state index is 14.0. The summed E-state index contributed by atoms with van der Waals surface area (Å²) in [4.78, 5) is 54.4. The summed E-state index contributed by atoms with van der Waals surface area (Å²) in [5.41, 5.74) is -0.318. The third kappa shape index (κ3) is 3.12. The minimum Gasteiger partial charge on any atom is -0.467 e. The highest BCUT2D eigenvalue weighted by molar-refractivity contribution is 6.01. The number of rotatable bonds is 5. The average Bonchev–Trinajstić information content (AvgIpc) is 3.64.